The van der Waals surface area contributed by atoms with Gasteiger partial charge in [-0.15, -0.1) is 0 Å². The molecule has 0 aliphatic carbocycles. The third-order valence-corrected chi connectivity index (χ3v) is 3.61. The van der Waals surface area contributed by atoms with Crippen molar-refractivity contribution < 1.29 is 0 Å². The predicted molar refractivity (Wildman–Crippen MR) is 92.1 cm³/mol. The molecule has 0 spiro atoms. The highest BCUT2D eigenvalue weighted by molar-refractivity contribution is 5.49. The molecule has 1 heterocycles. The van der Waals surface area contributed by atoms with Crippen molar-refractivity contribution in [2.45, 2.75) is 53.9 Å². The van der Waals surface area contributed by atoms with Crippen LogP contribution < -0.4 is 10.2 Å². The summed E-state index contributed by atoms with van der Waals surface area (Å²) in [5.74, 6) is 4.31. The third kappa shape index (κ3) is 6.32. The van der Waals surface area contributed by atoms with Gasteiger partial charge in [0.15, 0.2) is 0 Å². The van der Waals surface area contributed by atoms with Crippen LogP contribution in [0.5, 0.6) is 0 Å². The Balaban J connectivity index is 2.93. The van der Waals surface area contributed by atoms with Gasteiger partial charge in [-0.25, -0.2) is 9.97 Å². The van der Waals surface area contributed by atoms with Crippen molar-refractivity contribution in [1.29, 1.82) is 0 Å². The molecule has 0 radical (unpaired) electrons. The Morgan fingerprint density at radius 2 is 1.62 bits per heavy atom. The van der Waals surface area contributed by atoms with Crippen LogP contribution in [0.2, 0.25) is 0 Å². The Labute approximate surface area is 130 Å². The molecule has 1 aromatic heterocycles. The second-order valence-corrected chi connectivity index (χ2v) is 6.48. The predicted octanol–water partition coefficient (Wildman–Crippen LogP) is 3.98. The van der Waals surface area contributed by atoms with Gasteiger partial charge in [0.1, 0.15) is 17.5 Å². The zero-order valence-electron chi connectivity index (χ0n) is 14.6. The number of hydrogen-bond donors (Lipinski definition) is 1. The van der Waals surface area contributed by atoms with Crippen molar-refractivity contribution in [1.82, 2.24) is 9.97 Å². The molecule has 0 amide bonds. The van der Waals surface area contributed by atoms with E-state index in [-0.39, 0.29) is 0 Å². The highest BCUT2D eigenvalue weighted by atomic mass is 15.2. The Bertz CT molecular complexity index is 381. The molecule has 1 rings (SSSR count). The van der Waals surface area contributed by atoms with Crippen molar-refractivity contribution >= 4 is 11.6 Å². The zero-order valence-corrected chi connectivity index (χ0v) is 14.6. The van der Waals surface area contributed by atoms with Gasteiger partial charge in [-0.2, -0.15) is 0 Å². The van der Waals surface area contributed by atoms with E-state index in [1.54, 1.807) is 0 Å². The van der Waals surface area contributed by atoms with Gasteiger partial charge in [0.25, 0.3) is 0 Å². The fraction of sp³-hybridized carbons (Fsp3) is 0.765. The summed E-state index contributed by atoms with van der Waals surface area (Å²) in [6.07, 6.45) is 3.25. The molecule has 0 bridgehead atoms. The maximum Gasteiger partial charge on any atom is 0.134 e. The molecule has 0 atom stereocenters. The van der Waals surface area contributed by atoms with Crippen LogP contribution in [-0.4, -0.2) is 30.1 Å². The van der Waals surface area contributed by atoms with E-state index < -0.39 is 0 Å². The lowest BCUT2D eigenvalue weighted by Gasteiger charge is -2.26. The number of aryl methyl sites for hydroxylation is 1. The smallest absolute Gasteiger partial charge is 0.134 e. The summed E-state index contributed by atoms with van der Waals surface area (Å²) >= 11 is 0. The summed E-state index contributed by atoms with van der Waals surface area (Å²) in [6, 6.07) is 2.07. The molecule has 0 unspecified atom stereocenters. The summed E-state index contributed by atoms with van der Waals surface area (Å²) in [7, 11) is 1.91. The standard InChI is InChI=1S/C17H32N4/c1-7-15-19-16(18-6)12-17(20-15)21(10-8-13(2)3)11-9-14(4)5/h12-14H,7-11H2,1-6H3,(H,18,19,20). The van der Waals surface area contributed by atoms with Crippen LogP contribution in [0.25, 0.3) is 0 Å². The maximum absolute atomic E-state index is 4.73. The van der Waals surface area contributed by atoms with Crippen LogP contribution in [0.15, 0.2) is 6.07 Å². The molecule has 1 N–H and O–H groups in total. The molecule has 0 fully saturated rings. The van der Waals surface area contributed by atoms with Gasteiger partial charge < -0.3 is 10.2 Å². The average Bonchev–Trinajstić information content (AvgIpc) is 2.46. The third-order valence-electron chi connectivity index (χ3n) is 3.61. The first-order chi connectivity index (χ1) is 9.96. The van der Waals surface area contributed by atoms with Gasteiger partial charge in [0.05, 0.1) is 0 Å². The minimum atomic E-state index is 0.711. The molecular weight excluding hydrogens is 260 g/mol. The fourth-order valence-electron chi connectivity index (χ4n) is 2.10. The highest BCUT2D eigenvalue weighted by Gasteiger charge is 2.12. The highest BCUT2D eigenvalue weighted by Crippen LogP contribution is 2.19. The molecule has 0 aliphatic rings. The molecule has 0 saturated heterocycles. The normalized spacial score (nSPS) is 11.2. The number of nitrogens with zero attached hydrogens (tertiary/aromatic N) is 3. The van der Waals surface area contributed by atoms with E-state index in [1.807, 2.05) is 7.05 Å². The molecule has 1 aromatic rings. The molecule has 0 aromatic carbocycles. The summed E-state index contributed by atoms with van der Waals surface area (Å²) in [4.78, 5) is 11.6. The maximum atomic E-state index is 4.73. The van der Waals surface area contributed by atoms with Crippen molar-refractivity contribution in [2.75, 3.05) is 30.4 Å². The van der Waals surface area contributed by atoms with E-state index in [9.17, 15) is 0 Å². The van der Waals surface area contributed by atoms with Crippen molar-refractivity contribution in [3.63, 3.8) is 0 Å². The first kappa shape index (κ1) is 17.7. The van der Waals surface area contributed by atoms with Crippen LogP contribution in [0.1, 0.15) is 53.3 Å². The van der Waals surface area contributed by atoms with Gasteiger partial charge in [-0.05, 0) is 24.7 Å². The second kappa shape index (κ2) is 8.85. The lowest BCUT2D eigenvalue weighted by Crippen LogP contribution is -2.29. The van der Waals surface area contributed by atoms with E-state index in [1.165, 1.54) is 12.8 Å². The van der Waals surface area contributed by atoms with Gasteiger partial charge in [0.2, 0.25) is 0 Å². The first-order valence-electron chi connectivity index (χ1n) is 8.26. The average molecular weight is 292 g/mol. The molecular formula is C17H32N4. The lowest BCUT2D eigenvalue weighted by atomic mass is 10.1. The zero-order chi connectivity index (χ0) is 15.8. The Hall–Kier alpha value is -1.32. The van der Waals surface area contributed by atoms with Gasteiger partial charge in [0, 0.05) is 32.6 Å². The lowest BCUT2D eigenvalue weighted by molar-refractivity contribution is 0.532. The molecule has 4 heteroatoms. The summed E-state index contributed by atoms with van der Waals surface area (Å²) in [6.45, 7) is 13.3. The van der Waals surface area contributed by atoms with Gasteiger partial charge >= 0.3 is 0 Å². The summed E-state index contributed by atoms with van der Waals surface area (Å²) in [5.41, 5.74) is 0. The molecule has 0 saturated carbocycles. The van der Waals surface area contributed by atoms with E-state index >= 15 is 0 Å². The number of rotatable bonds is 9. The Morgan fingerprint density at radius 3 is 2.05 bits per heavy atom. The second-order valence-electron chi connectivity index (χ2n) is 6.48. The SMILES string of the molecule is CCc1nc(NC)cc(N(CCC(C)C)CCC(C)C)n1. The summed E-state index contributed by atoms with van der Waals surface area (Å²) < 4.78 is 0. The van der Waals surface area contributed by atoms with Crippen LogP contribution in [0.4, 0.5) is 11.6 Å². The van der Waals surface area contributed by atoms with E-state index in [4.69, 9.17) is 4.98 Å². The number of nitrogens with one attached hydrogen (secondary N) is 1. The van der Waals surface area contributed by atoms with Crippen molar-refractivity contribution in [2.24, 2.45) is 11.8 Å². The topological polar surface area (TPSA) is 41.1 Å². The fourth-order valence-corrected chi connectivity index (χ4v) is 2.10. The van der Waals surface area contributed by atoms with E-state index in [0.29, 0.717) is 11.8 Å². The molecule has 21 heavy (non-hydrogen) atoms. The Kier molecular flexibility index (Phi) is 7.48. The van der Waals surface area contributed by atoms with E-state index in [2.05, 4.69) is 55.9 Å². The monoisotopic (exact) mass is 292 g/mol. The van der Waals surface area contributed by atoms with Crippen LogP contribution >= 0.6 is 0 Å². The minimum absolute atomic E-state index is 0.711. The van der Waals surface area contributed by atoms with Gasteiger partial charge in [-0.1, -0.05) is 34.6 Å². The largest absolute Gasteiger partial charge is 0.373 e. The van der Waals surface area contributed by atoms with Crippen molar-refractivity contribution in [3.05, 3.63) is 11.9 Å². The number of hydrogen-bond acceptors (Lipinski definition) is 4. The van der Waals surface area contributed by atoms with Gasteiger partial charge in [-0.3, -0.25) is 0 Å². The molecule has 4 nitrogen and oxygen atoms in total. The molecule has 0 aliphatic heterocycles. The minimum Gasteiger partial charge on any atom is -0.373 e. The summed E-state index contributed by atoms with van der Waals surface area (Å²) in [5, 5.41) is 3.15. The molecule has 120 valence electrons. The van der Waals surface area contributed by atoms with Crippen molar-refractivity contribution in [3.8, 4) is 0 Å². The van der Waals surface area contributed by atoms with Crippen LogP contribution in [0, 0.1) is 11.8 Å². The van der Waals surface area contributed by atoms with Crippen LogP contribution in [-0.2, 0) is 6.42 Å². The number of anilines is 2. The number of aromatic nitrogens is 2. The van der Waals surface area contributed by atoms with E-state index in [0.717, 1.165) is 37.0 Å². The first-order valence-corrected chi connectivity index (χ1v) is 8.26. The quantitative estimate of drug-likeness (QED) is 0.747. The Morgan fingerprint density at radius 1 is 1.05 bits per heavy atom. The van der Waals surface area contributed by atoms with Crippen LogP contribution in [0.3, 0.4) is 0 Å².